The molecule has 12 heteroatoms. The quantitative estimate of drug-likeness (QED) is 0.181. The van der Waals surface area contributed by atoms with E-state index in [0.29, 0.717) is 25.7 Å². The standard InChI is InChI=1S/C36H54N2O10/c1-7-20(4)31(33(45)46)38-32(44)30(19(2)3)37-27(42)10-11-28(43)48-18-26(41)36(47)15-13-24-23-9-8-21-16-22(39)12-14-34(21,5)29(23)25(40)17-35(24,36)6/h16,19-20,23-25,29-31,40,47H,7-15,17-18H2,1-6H3,(H,37,42)(H,38,44)(H,45,46)/t20-,23-,24-,25+,29+,30+,31-,34-,35-,36-/m0/s1. The zero-order valence-corrected chi connectivity index (χ0v) is 29.2. The fraction of sp³-hybridized carbons (Fsp3) is 0.778. The third-order valence-corrected chi connectivity index (χ3v) is 12.5. The molecule has 0 spiro atoms. The van der Waals surface area contributed by atoms with E-state index in [1.807, 2.05) is 13.8 Å². The number of Topliss-reactive ketones (excluding diaryl/α,β-unsaturated/α-hetero) is 1. The summed E-state index contributed by atoms with van der Waals surface area (Å²) in [5.74, 6) is -4.42. The molecule has 0 unspecified atom stereocenters. The SMILES string of the molecule is CC[C@H](C)[C@H](NC(=O)[C@H](NC(=O)CCC(=O)OCC(=O)[C@@]1(O)CC[C@H]2[C@@H]3CCC4=CC(=O)CC[C@]4(C)[C@H]3[C@H](O)C[C@@]21C)C(C)C)C(=O)O. The number of rotatable bonds is 13. The summed E-state index contributed by atoms with van der Waals surface area (Å²) in [7, 11) is 0. The molecule has 0 bridgehead atoms. The van der Waals surface area contributed by atoms with Gasteiger partial charge in [-0.1, -0.05) is 53.5 Å². The fourth-order valence-electron chi connectivity index (χ4n) is 9.41. The first-order valence-electron chi connectivity index (χ1n) is 17.5. The van der Waals surface area contributed by atoms with Gasteiger partial charge in [0.25, 0.3) is 0 Å². The summed E-state index contributed by atoms with van der Waals surface area (Å²) < 4.78 is 5.23. The van der Waals surface area contributed by atoms with E-state index in [-0.39, 0.29) is 66.5 Å². The first-order valence-corrected chi connectivity index (χ1v) is 17.5. The lowest BCUT2D eigenvalue weighted by Crippen LogP contribution is -2.62. The van der Waals surface area contributed by atoms with Crippen LogP contribution in [0.25, 0.3) is 0 Å². The number of hydrogen-bond donors (Lipinski definition) is 5. The van der Waals surface area contributed by atoms with Gasteiger partial charge in [0.1, 0.15) is 17.7 Å². The maximum atomic E-state index is 13.5. The van der Waals surface area contributed by atoms with Gasteiger partial charge in [0.15, 0.2) is 12.4 Å². The van der Waals surface area contributed by atoms with Crippen LogP contribution in [0.1, 0.15) is 106 Å². The van der Waals surface area contributed by atoms with E-state index in [4.69, 9.17) is 4.74 Å². The van der Waals surface area contributed by atoms with Crippen LogP contribution in [0.4, 0.5) is 0 Å². The molecule has 3 saturated carbocycles. The Hall–Kier alpha value is -3.12. The molecule has 0 saturated heterocycles. The van der Waals surface area contributed by atoms with Crippen molar-refractivity contribution in [3.8, 4) is 0 Å². The number of ether oxygens (including phenoxy) is 1. The Balaban J connectivity index is 1.32. The highest BCUT2D eigenvalue weighted by molar-refractivity contribution is 5.93. The molecule has 3 fully saturated rings. The first-order chi connectivity index (χ1) is 22.4. The van der Waals surface area contributed by atoms with Crippen molar-refractivity contribution < 1.29 is 48.8 Å². The van der Waals surface area contributed by atoms with Gasteiger partial charge in [0.2, 0.25) is 17.6 Å². The number of carbonyl (C=O) groups excluding carboxylic acids is 5. The van der Waals surface area contributed by atoms with Crippen LogP contribution in [0.2, 0.25) is 0 Å². The Morgan fingerprint density at radius 3 is 2.31 bits per heavy atom. The van der Waals surface area contributed by atoms with Crippen molar-refractivity contribution in [3.05, 3.63) is 11.6 Å². The van der Waals surface area contributed by atoms with Gasteiger partial charge >= 0.3 is 11.9 Å². The highest BCUT2D eigenvalue weighted by atomic mass is 16.5. The molecule has 0 aromatic heterocycles. The molecule has 0 aromatic rings. The molecule has 4 aliphatic rings. The number of aliphatic hydroxyl groups excluding tert-OH is 1. The van der Waals surface area contributed by atoms with Crippen LogP contribution in [0, 0.1) is 40.4 Å². The van der Waals surface area contributed by atoms with Crippen LogP contribution < -0.4 is 10.6 Å². The second-order valence-corrected chi connectivity index (χ2v) is 15.6. The highest BCUT2D eigenvalue weighted by Gasteiger charge is 2.68. The molecule has 4 aliphatic carbocycles. The number of ketones is 2. The number of esters is 1. The monoisotopic (exact) mass is 674 g/mol. The van der Waals surface area contributed by atoms with Gasteiger partial charge in [-0.3, -0.25) is 24.0 Å². The molecule has 4 rings (SSSR count). The number of aliphatic carboxylic acids is 1. The van der Waals surface area contributed by atoms with Crippen LogP contribution in [0.3, 0.4) is 0 Å². The molecule has 268 valence electrons. The second-order valence-electron chi connectivity index (χ2n) is 15.6. The number of allylic oxidation sites excluding steroid dienone is 1. The third kappa shape index (κ3) is 6.97. The predicted molar refractivity (Wildman–Crippen MR) is 174 cm³/mol. The van der Waals surface area contributed by atoms with E-state index in [0.717, 1.165) is 18.4 Å². The van der Waals surface area contributed by atoms with Crippen molar-refractivity contribution in [3.63, 3.8) is 0 Å². The van der Waals surface area contributed by atoms with E-state index < -0.39 is 65.3 Å². The minimum Gasteiger partial charge on any atom is -0.480 e. The van der Waals surface area contributed by atoms with E-state index in [9.17, 15) is 44.1 Å². The normalized spacial score (nSPS) is 34.4. The Morgan fingerprint density at radius 2 is 1.69 bits per heavy atom. The minimum atomic E-state index is -1.79. The molecular formula is C36H54N2O10. The van der Waals surface area contributed by atoms with Crippen molar-refractivity contribution in [1.29, 1.82) is 0 Å². The van der Waals surface area contributed by atoms with E-state index in [1.165, 1.54) is 0 Å². The highest BCUT2D eigenvalue weighted by Crippen LogP contribution is 2.67. The number of fused-ring (bicyclic) bond motifs is 5. The maximum Gasteiger partial charge on any atom is 0.326 e. The van der Waals surface area contributed by atoms with Crippen molar-refractivity contribution in [2.24, 2.45) is 40.4 Å². The topological polar surface area (TPSA) is 196 Å². The van der Waals surface area contributed by atoms with Crippen LogP contribution in [0.5, 0.6) is 0 Å². The van der Waals surface area contributed by atoms with Crippen LogP contribution in [-0.2, 0) is 33.5 Å². The van der Waals surface area contributed by atoms with Gasteiger partial charge < -0.3 is 30.7 Å². The number of hydrogen-bond acceptors (Lipinski definition) is 9. The number of carboxylic acid groups (broad SMARTS) is 1. The summed E-state index contributed by atoms with van der Waals surface area (Å²) in [5.41, 5.74) is -1.90. The Labute approximate surface area is 282 Å². The number of carbonyl (C=O) groups is 6. The molecule has 0 aliphatic heterocycles. The van der Waals surface area contributed by atoms with Gasteiger partial charge in [-0.2, -0.15) is 0 Å². The number of carboxylic acids is 1. The Kier molecular flexibility index (Phi) is 11.3. The van der Waals surface area contributed by atoms with E-state index in [2.05, 4.69) is 17.6 Å². The van der Waals surface area contributed by atoms with Crippen LogP contribution >= 0.6 is 0 Å². The summed E-state index contributed by atoms with van der Waals surface area (Å²) >= 11 is 0. The van der Waals surface area contributed by atoms with Gasteiger partial charge in [-0.15, -0.1) is 0 Å². The molecular weight excluding hydrogens is 620 g/mol. The van der Waals surface area contributed by atoms with Crippen LogP contribution in [0.15, 0.2) is 11.6 Å². The fourth-order valence-corrected chi connectivity index (χ4v) is 9.41. The molecule has 2 amide bonds. The average Bonchev–Trinajstić information content (AvgIpc) is 3.29. The lowest BCUT2D eigenvalue weighted by molar-refractivity contribution is -0.184. The minimum absolute atomic E-state index is 0.0164. The molecule has 0 aromatic carbocycles. The number of amides is 2. The van der Waals surface area contributed by atoms with Crippen molar-refractivity contribution in [2.75, 3.05) is 6.61 Å². The van der Waals surface area contributed by atoms with Gasteiger partial charge in [-0.05, 0) is 79.6 Å². The number of nitrogens with one attached hydrogen (secondary N) is 2. The summed E-state index contributed by atoms with van der Waals surface area (Å²) in [5, 5.41) is 38.0. The first kappa shape index (κ1) is 37.7. The predicted octanol–water partition coefficient (Wildman–Crippen LogP) is 2.87. The second kappa shape index (κ2) is 14.4. The summed E-state index contributed by atoms with van der Waals surface area (Å²) in [6, 6.07) is -2.13. The van der Waals surface area contributed by atoms with Crippen molar-refractivity contribution in [1.82, 2.24) is 10.6 Å². The maximum absolute atomic E-state index is 13.5. The Bertz CT molecular complexity index is 1340. The molecule has 10 atom stereocenters. The van der Waals surface area contributed by atoms with Crippen molar-refractivity contribution in [2.45, 2.75) is 130 Å². The van der Waals surface area contributed by atoms with Gasteiger partial charge in [0.05, 0.1) is 12.5 Å². The molecule has 48 heavy (non-hydrogen) atoms. The van der Waals surface area contributed by atoms with Gasteiger partial charge in [-0.25, -0.2) is 4.79 Å². The van der Waals surface area contributed by atoms with E-state index in [1.54, 1.807) is 26.8 Å². The zero-order valence-electron chi connectivity index (χ0n) is 29.2. The molecule has 0 radical (unpaired) electrons. The molecule has 5 N–H and O–H groups in total. The van der Waals surface area contributed by atoms with Gasteiger partial charge in [0, 0.05) is 18.3 Å². The average molecular weight is 675 g/mol. The summed E-state index contributed by atoms with van der Waals surface area (Å²) in [6.45, 7) is 10.3. The van der Waals surface area contributed by atoms with E-state index >= 15 is 0 Å². The summed E-state index contributed by atoms with van der Waals surface area (Å²) in [6.07, 6.45) is 4.52. The largest absolute Gasteiger partial charge is 0.480 e. The lowest BCUT2D eigenvalue weighted by Gasteiger charge is -2.60. The van der Waals surface area contributed by atoms with Crippen molar-refractivity contribution >= 4 is 35.3 Å². The summed E-state index contributed by atoms with van der Waals surface area (Å²) in [4.78, 5) is 75.5. The Morgan fingerprint density at radius 1 is 1.00 bits per heavy atom. The molecule has 12 nitrogen and oxygen atoms in total. The number of aliphatic hydroxyl groups is 2. The van der Waals surface area contributed by atoms with Crippen LogP contribution in [-0.4, -0.2) is 81.0 Å². The third-order valence-electron chi connectivity index (χ3n) is 12.5. The molecule has 0 heterocycles. The zero-order chi connectivity index (χ0) is 35.8. The smallest absolute Gasteiger partial charge is 0.326 e. The lowest BCUT2D eigenvalue weighted by atomic mass is 9.45.